The van der Waals surface area contributed by atoms with Crippen LogP contribution < -0.4 is 0 Å². The van der Waals surface area contributed by atoms with Crippen LogP contribution in [0.15, 0.2) is 4.52 Å². The molecule has 1 atom stereocenters. The van der Waals surface area contributed by atoms with E-state index in [1.165, 1.54) is 0 Å². The standard InChI is InChI=1S/C9H12N2O4S/c12-8(13)2-1-7-10-9(11-15-7)6-5-16-4-3-14-6/h6H,1-5H2,(H,12,13). The van der Waals surface area contributed by atoms with Crippen LogP contribution in [0.5, 0.6) is 0 Å². The van der Waals surface area contributed by atoms with E-state index in [-0.39, 0.29) is 18.9 Å². The van der Waals surface area contributed by atoms with Crippen molar-refractivity contribution in [2.45, 2.75) is 18.9 Å². The number of hydrogen-bond acceptors (Lipinski definition) is 6. The first-order valence-electron chi connectivity index (χ1n) is 4.99. The molecule has 1 N–H and O–H groups in total. The Morgan fingerprint density at radius 2 is 2.50 bits per heavy atom. The monoisotopic (exact) mass is 244 g/mol. The molecule has 1 aliphatic heterocycles. The third-order valence-corrected chi connectivity index (χ3v) is 3.13. The first kappa shape index (κ1) is 11.4. The van der Waals surface area contributed by atoms with Gasteiger partial charge in [-0.15, -0.1) is 0 Å². The molecule has 2 rings (SSSR count). The summed E-state index contributed by atoms with van der Waals surface area (Å²) in [6.07, 6.45) is 0.144. The van der Waals surface area contributed by atoms with Crippen LogP contribution in [0.3, 0.4) is 0 Å². The molecule has 0 radical (unpaired) electrons. The van der Waals surface area contributed by atoms with Crippen molar-refractivity contribution in [2.24, 2.45) is 0 Å². The lowest BCUT2D eigenvalue weighted by Gasteiger charge is -2.18. The molecule has 0 bridgehead atoms. The van der Waals surface area contributed by atoms with Crippen molar-refractivity contribution in [3.8, 4) is 0 Å². The van der Waals surface area contributed by atoms with Gasteiger partial charge in [-0.25, -0.2) is 0 Å². The molecule has 1 aromatic heterocycles. The predicted molar refractivity (Wildman–Crippen MR) is 56.3 cm³/mol. The third-order valence-electron chi connectivity index (χ3n) is 2.14. The molecule has 1 unspecified atom stereocenters. The van der Waals surface area contributed by atoms with E-state index in [1.54, 1.807) is 11.8 Å². The van der Waals surface area contributed by atoms with Gasteiger partial charge in [0, 0.05) is 17.9 Å². The second-order valence-corrected chi connectivity index (χ2v) is 4.52. The minimum Gasteiger partial charge on any atom is -0.481 e. The van der Waals surface area contributed by atoms with Gasteiger partial charge in [0.05, 0.1) is 13.0 Å². The number of carbonyl (C=O) groups is 1. The van der Waals surface area contributed by atoms with Crippen molar-refractivity contribution in [3.05, 3.63) is 11.7 Å². The van der Waals surface area contributed by atoms with Crippen LogP contribution in [0, 0.1) is 0 Å². The van der Waals surface area contributed by atoms with E-state index in [9.17, 15) is 4.79 Å². The van der Waals surface area contributed by atoms with Gasteiger partial charge in [0.2, 0.25) is 11.7 Å². The summed E-state index contributed by atoms with van der Waals surface area (Å²) in [4.78, 5) is 14.5. The largest absolute Gasteiger partial charge is 0.481 e. The molecule has 1 aliphatic rings. The van der Waals surface area contributed by atoms with E-state index < -0.39 is 5.97 Å². The van der Waals surface area contributed by atoms with Crippen molar-refractivity contribution in [2.75, 3.05) is 18.1 Å². The normalized spacial score (nSPS) is 20.9. The number of aliphatic carboxylic acids is 1. The van der Waals surface area contributed by atoms with Gasteiger partial charge in [0.15, 0.2) is 0 Å². The molecular weight excluding hydrogens is 232 g/mol. The number of hydrogen-bond donors (Lipinski definition) is 1. The van der Waals surface area contributed by atoms with Crippen LogP contribution >= 0.6 is 11.8 Å². The smallest absolute Gasteiger partial charge is 0.303 e. The lowest BCUT2D eigenvalue weighted by molar-refractivity contribution is -0.137. The zero-order valence-corrected chi connectivity index (χ0v) is 9.40. The summed E-state index contributed by atoms with van der Waals surface area (Å²) >= 11 is 1.78. The molecule has 1 fully saturated rings. The summed E-state index contributed by atoms with van der Waals surface area (Å²) in [6, 6.07) is 0. The zero-order chi connectivity index (χ0) is 11.4. The quantitative estimate of drug-likeness (QED) is 0.841. The number of rotatable bonds is 4. The second-order valence-electron chi connectivity index (χ2n) is 3.37. The van der Waals surface area contributed by atoms with Gasteiger partial charge in [-0.05, 0) is 0 Å². The Bertz CT molecular complexity index is 362. The topological polar surface area (TPSA) is 85.5 Å². The van der Waals surface area contributed by atoms with E-state index in [0.717, 1.165) is 11.5 Å². The van der Waals surface area contributed by atoms with Crippen LogP contribution in [0.25, 0.3) is 0 Å². The maximum atomic E-state index is 10.4. The fourth-order valence-electron chi connectivity index (χ4n) is 1.35. The van der Waals surface area contributed by atoms with Gasteiger partial charge in [-0.3, -0.25) is 4.79 Å². The molecule has 1 aromatic rings. The molecule has 0 aliphatic carbocycles. The lowest BCUT2D eigenvalue weighted by atomic mass is 10.3. The summed E-state index contributed by atoms with van der Waals surface area (Å²) < 4.78 is 10.4. The SMILES string of the molecule is O=C(O)CCc1nc(C2CSCCO2)no1. The van der Waals surface area contributed by atoms with Gasteiger partial charge in [-0.1, -0.05) is 5.16 Å². The summed E-state index contributed by atoms with van der Waals surface area (Å²) in [5.41, 5.74) is 0. The van der Waals surface area contributed by atoms with Gasteiger partial charge < -0.3 is 14.4 Å². The van der Waals surface area contributed by atoms with Crippen molar-refractivity contribution >= 4 is 17.7 Å². The molecule has 16 heavy (non-hydrogen) atoms. The highest BCUT2D eigenvalue weighted by atomic mass is 32.2. The summed E-state index contributed by atoms with van der Waals surface area (Å²) in [5.74, 6) is 1.81. The fraction of sp³-hybridized carbons (Fsp3) is 0.667. The lowest BCUT2D eigenvalue weighted by Crippen LogP contribution is -2.16. The molecule has 0 aromatic carbocycles. The number of ether oxygens (including phenoxy) is 1. The van der Waals surface area contributed by atoms with Crippen molar-refractivity contribution < 1.29 is 19.2 Å². The van der Waals surface area contributed by atoms with Crippen LogP contribution in [-0.4, -0.2) is 39.3 Å². The molecule has 7 heteroatoms. The zero-order valence-electron chi connectivity index (χ0n) is 8.59. The van der Waals surface area contributed by atoms with E-state index in [0.29, 0.717) is 18.3 Å². The van der Waals surface area contributed by atoms with E-state index in [1.807, 2.05) is 0 Å². The minimum atomic E-state index is -0.871. The highest BCUT2D eigenvalue weighted by Crippen LogP contribution is 2.24. The predicted octanol–water partition coefficient (Wildman–Crippen LogP) is 0.891. The maximum Gasteiger partial charge on any atom is 0.303 e. The van der Waals surface area contributed by atoms with Crippen molar-refractivity contribution in [1.82, 2.24) is 10.1 Å². The maximum absolute atomic E-state index is 10.4. The van der Waals surface area contributed by atoms with Crippen LogP contribution in [0.4, 0.5) is 0 Å². The van der Waals surface area contributed by atoms with Gasteiger partial charge >= 0.3 is 5.97 Å². The molecule has 0 spiro atoms. The number of aromatic nitrogens is 2. The Hall–Kier alpha value is -1.08. The molecule has 6 nitrogen and oxygen atoms in total. The first-order chi connectivity index (χ1) is 7.75. The third kappa shape index (κ3) is 2.96. The van der Waals surface area contributed by atoms with Crippen LogP contribution in [0.1, 0.15) is 24.2 Å². The highest BCUT2D eigenvalue weighted by Gasteiger charge is 2.22. The fourth-order valence-corrected chi connectivity index (χ4v) is 2.19. The average molecular weight is 244 g/mol. The highest BCUT2D eigenvalue weighted by molar-refractivity contribution is 7.99. The van der Waals surface area contributed by atoms with Gasteiger partial charge in [0.25, 0.3) is 0 Å². The first-order valence-corrected chi connectivity index (χ1v) is 6.15. The van der Waals surface area contributed by atoms with E-state index in [2.05, 4.69) is 10.1 Å². The summed E-state index contributed by atoms with van der Waals surface area (Å²) in [7, 11) is 0. The molecular formula is C9H12N2O4S. The Morgan fingerprint density at radius 1 is 1.62 bits per heavy atom. The summed E-state index contributed by atoms with van der Waals surface area (Å²) in [6.45, 7) is 0.689. The van der Waals surface area contributed by atoms with Crippen LogP contribution in [-0.2, 0) is 16.0 Å². The number of thioether (sulfide) groups is 1. The second kappa shape index (κ2) is 5.31. The van der Waals surface area contributed by atoms with Gasteiger partial charge in [-0.2, -0.15) is 16.7 Å². The van der Waals surface area contributed by atoms with Crippen molar-refractivity contribution in [3.63, 3.8) is 0 Å². The molecule has 88 valence electrons. The number of nitrogens with zero attached hydrogens (tertiary/aromatic N) is 2. The van der Waals surface area contributed by atoms with Crippen molar-refractivity contribution in [1.29, 1.82) is 0 Å². The number of carboxylic acids is 1. The molecule has 0 saturated carbocycles. The Labute approximate surface area is 96.4 Å². The minimum absolute atomic E-state index is 0.00189. The Balaban J connectivity index is 1.93. The van der Waals surface area contributed by atoms with E-state index in [4.69, 9.17) is 14.4 Å². The summed E-state index contributed by atoms with van der Waals surface area (Å²) in [5, 5.41) is 12.3. The molecule has 0 amide bonds. The van der Waals surface area contributed by atoms with Crippen LogP contribution in [0.2, 0.25) is 0 Å². The number of aryl methyl sites for hydroxylation is 1. The van der Waals surface area contributed by atoms with Gasteiger partial charge in [0.1, 0.15) is 6.10 Å². The molecule has 2 heterocycles. The molecule has 1 saturated heterocycles. The van der Waals surface area contributed by atoms with E-state index >= 15 is 0 Å². The number of carboxylic acid groups (broad SMARTS) is 1. The Kier molecular flexibility index (Phi) is 3.79. The Morgan fingerprint density at radius 3 is 3.19 bits per heavy atom. The average Bonchev–Trinajstić information content (AvgIpc) is 2.76.